The minimum Gasteiger partial charge on any atom is -0.338 e. The number of piperidine rings is 1. The van der Waals surface area contributed by atoms with E-state index in [1.54, 1.807) is 0 Å². The Morgan fingerprint density at radius 1 is 1.00 bits per heavy atom. The van der Waals surface area contributed by atoms with Crippen molar-refractivity contribution >= 4 is 18.3 Å². The van der Waals surface area contributed by atoms with Gasteiger partial charge >= 0.3 is 0 Å². The van der Waals surface area contributed by atoms with Crippen molar-refractivity contribution < 1.29 is 4.79 Å². The topological polar surface area (TPSA) is 32.3 Å². The molecule has 0 aliphatic carbocycles. The lowest BCUT2D eigenvalue weighted by atomic mass is 9.97. The van der Waals surface area contributed by atoms with Gasteiger partial charge in [0.2, 0.25) is 5.91 Å². The second-order valence-electron chi connectivity index (χ2n) is 6.52. The first-order chi connectivity index (χ1) is 11.8. The molecule has 0 spiro atoms. The first kappa shape index (κ1) is 19.5. The molecule has 1 saturated heterocycles. The van der Waals surface area contributed by atoms with Crippen LogP contribution in [0.4, 0.5) is 0 Å². The molecule has 1 aliphatic heterocycles. The molecule has 1 aliphatic rings. The fourth-order valence-electron chi connectivity index (χ4n) is 3.30. The highest BCUT2D eigenvalue weighted by Gasteiger charge is 2.25. The smallest absolute Gasteiger partial charge is 0.227 e. The highest BCUT2D eigenvalue weighted by molar-refractivity contribution is 5.85. The molecule has 134 valence electrons. The van der Waals surface area contributed by atoms with Gasteiger partial charge in [-0.3, -0.25) is 4.79 Å². The largest absolute Gasteiger partial charge is 0.338 e. The molecule has 0 bridgehead atoms. The van der Waals surface area contributed by atoms with Crippen molar-refractivity contribution in [2.45, 2.75) is 25.8 Å². The van der Waals surface area contributed by atoms with Crippen LogP contribution >= 0.6 is 12.4 Å². The Balaban J connectivity index is 0.00000225. The van der Waals surface area contributed by atoms with Gasteiger partial charge in [-0.25, -0.2) is 0 Å². The number of hydrogen-bond donors (Lipinski definition) is 1. The molecule has 4 heteroatoms. The molecule has 0 saturated carbocycles. The Kier molecular flexibility index (Phi) is 7.96. The van der Waals surface area contributed by atoms with E-state index >= 15 is 0 Å². The fraction of sp³-hybridized carbons (Fsp3) is 0.381. The standard InChI is InChI=1S/C21H26N2O.ClH/c24-21(20-12-7-14-22-16-20)23(17-19-10-5-2-6-11-19)15-13-18-8-3-1-4-9-18;/h1-6,8-11,20,22H,7,12-17H2;1H/t20-;/m1./s1. The van der Waals surface area contributed by atoms with Crippen LogP contribution in [0.5, 0.6) is 0 Å². The summed E-state index contributed by atoms with van der Waals surface area (Å²) in [6.07, 6.45) is 3.00. The van der Waals surface area contributed by atoms with E-state index in [0.717, 1.165) is 38.9 Å². The monoisotopic (exact) mass is 358 g/mol. The predicted octanol–water partition coefficient (Wildman–Crippen LogP) is 3.68. The number of hydrogen-bond acceptors (Lipinski definition) is 2. The van der Waals surface area contributed by atoms with Crippen molar-refractivity contribution in [3.05, 3.63) is 71.8 Å². The minimum absolute atomic E-state index is 0. The van der Waals surface area contributed by atoms with E-state index in [-0.39, 0.29) is 18.3 Å². The molecule has 1 amide bonds. The van der Waals surface area contributed by atoms with Crippen LogP contribution in [-0.2, 0) is 17.8 Å². The van der Waals surface area contributed by atoms with Gasteiger partial charge in [0.1, 0.15) is 0 Å². The van der Waals surface area contributed by atoms with E-state index in [1.807, 2.05) is 29.2 Å². The van der Waals surface area contributed by atoms with Gasteiger partial charge in [0.05, 0.1) is 5.92 Å². The van der Waals surface area contributed by atoms with E-state index in [1.165, 1.54) is 11.1 Å². The van der Waals surface area contributed by atoms with E-state index in [2.05, 4.69) is 41.7 Å². The summed E-state index contributed by atoms with van der Waals surface area (Å²) >= 11 is 0. The Hall–Kier alpha value is -1.84. The summed E-state index contributed by atoms with van der Waals surface area (Å²) in [5, 5.41) is 3.36. The number of carbonyl (C=O) groups is 1. The molecule has 3 rings (SSSR count). The number of carbonyl (C=O) groups excluding carboxylic acids is 1. The fourth-order valence-corrected chi connectivity index (χ4v) is 3.30. The molecule has 0 unspecified atom stereocenters. The van der Waals surface area contributed by atoms with Crippen LogP contribution in [0.2, 0.25) is 0 Å². The summed E-state index contributed by atoms with van der Waals surface area (Å²) in [5.41, 5.74) is 2.48. The SMILES string of the molecule is Cl.O=C([C@@H]1CCCNC1)N(CCc1ccccc1)Cc1ccccc1. The van der Waals surface area contributed by atoms with E-state index in [0.29, 0.717) is 12.5 Å². The van der Waals surface area contributed by atoms with Crippen LogP contribution in [0.25, 0.3) is 0 Å². The summed E-state index contributed by atoms with van der Waals surface area (Å²) in [5.74, 6) is 0.417. The van der Waals surface area contributed by atoms with Gasteiger partial charge in [-0.2, -0.15) is 0 Å². The van der Waals surface area contributed by atoms with Crippen molar-refractivity contribution in [2.75, 3.05) is 19.6 Å². The minimum atomic E-state index is 0. The van der Waals surface area contributed by atoms with Crippen LogP contribution in [-0.4, -0.2) is 30.4 Å². The molecule has 1 N–H and O–H groups in total. The van der Waals surface area contributed by atoms with Crippen molar-refractivity contribution in [3.63, 3.8) is 0 Å². The van der Waals surface area contributed by atoms with Crippen molar-refractivity contribution in [3.8, 4) is 0 Å². The summed E-state index contributed by atoms with van der Waals surface area (Å²) in [6.45, 7) is 3.32. The van der Waals surface area contributed by atoms with Crippen molar-refractivity contribution in [2.24, 2.45) is 5.92 Å². The molecule has 2 aromatic carbocycles. The lowest BCUT2D eigenvalue weighted by Gasteiger charge is -2.30. The number of benzene rings is 2. The van der Waals surface area contributed by atoms with Crippen molar-refractivity contribution in [1.82, 2.24) is 10.2 Å². The molecule has 1 fully saturated rings. The molecule has 0 aromatic heterocycles. The zero-order valence-corrected chi connectivity index (χ0v) is 15.4. The van der Waals surface area contributed by atoms with E-state index in [9.17, 15) is 4.79 Å². The maximum atomic E-state index is 13.0. The molecule has 0 radical (unpaired) electrons. The van der Waals surface area contributed by atoms with Crippen LogP contribution in [0.1, 0.15) is 24.0 Å². The van der Waals surface area contributed by atoms with Gasteiger partial charge in [0.15, 0.2) is 0 Å². The Labute approximate surface area is 156 Å². The van der Waals surface area contributed by atoms with Gasteiger partial charge in [-0.15, -0.1) is 12.4 Å². The number of nitrogens with zero attached hydrogens (tertiary/aromatic N) is 1. The van der Waals surface area contributed by atoms with Crippen LogP contribution in [0, 0.1) is 5.92 Å². The summed E-state index contributed by atoms with van der Waals surface area (Å²) in [6, 6.07) is 20.7. The lowest BCUT2D eigenvalue weighted by molar-refractivity contribution is -0.136. The van der Waals surface area contributed by atoms with E-state index in [4.69, 9.17) is 0 Å². The van der Waals surface area contributed by atoms with Crippen LogP contribution in [0.15, 0.2) is 60.7 Å². The number of nitrogens with one attached hydrogen (secondary N) is 1. The highest BCUT2D eigenvalue weighted by Crippen LogP contribution is 2.16. The highest BCUT2D eigenvalue weighted by atomic mass is 35.5. The number of rotatable bonds is 6. The van der Waals surface area contributed by atoms with Crippen LogP contribution < -0.4 is 5.32 Å². The third kappa shape index (κ3) is 5.87. The maximum Gasteiger partial charge on any atom is 0.227 e. The molecular formula is C21H27ClN2O. The molecular weight excluding hydrogens is 332 g/mol. The predicted molar refractivity (Wildman–Crippen MR) is 105 cm³/mol. The number of halogens is 1. The zero-order chi connectivity index (χ0) is 16.6. The molecule has 1 heterocycles. The molecule has 25 heavy (non-hydrogen) atoms. The average Bonchev–Trinajstić information content (AvgIpc) is 2.67. The average molecular weight is 359 g/mol. The quantitative estimate of drug-likeness (QED) is 0.854. The second kappa shape index (κ2) is 10.2. The first-order valence-electron chi connectivity index (χ1n) is 8.90. The van der Waals surface area contributed by atoms with Gasteiger partial charge < -0.3 is 10.2 Å². The van der Waals surface area contributed by atoms with Gasteiger partial charge in [-0.05, 0) is 36.9 Å². The van der Waals surface area contributed by atoms with E-state index < -0.39 is 0 Å². The van der Waals surface area contributed by atoms with Crippen molar-refractivity contribution in [1.29, 1.82) is 0 Å². The molecule has 2 aromatic rings. The summed E-state index contributed by atoms with van der Waals surface area (Å²) in [4.78, 5) is 15.1. The zero-order valence-electron chi connectivity index (χ0n) is 14.6. The molecule has 1 atom stereocenters. The van der Waals surface area contributed by atoms with Crippen LogP contribution in [0.3, 0.4) is 0 Å². The van der Waals surface area contributed by atoms with Gasteiger partial charge in [-0.1, -0.05) is 60.7 Å². The molecule has 3 nitrogen and oxygen atoms in total. The summed E-state index contributed by atoms with van der Waals surface area (Å²) < 4.78 is 0. The summed E-state index contributed by atoms with van der Waals surface area (Å²) in [7, 11) is 0. The number of amides is 1. The lowest BCUT2D eigenvalue weighted by Crippen LogP contribution is -2.43. The third-order valence-electron chi connectivity index (χ3n) is 4.69. The van der Waals surface area contributed by atoms with Gasteiger partial charge in [0.25, 0.3) is 0 Å². The Morgan fingerprint density at radius 3 is 2.24 bits per heavy atom. The maximum absolute atomic E-state index is 13.0. The Bertz CT molecular complexity index is 627. The first-order valence-corrected chi connectivity index (χ1v) is 8.90. The Morgan fingerprint density at radius 2 is 1.64 bits per heavy atom. The third-order valence-corrected chi connectivity index (χ3v) is 4.69. The second-order valence-corrected chi connectivity index (χ2v) is 6.52. The normalized spacial score (nSPS) is 16.7. The van der Waals surface area contributed by atoms with Gasteiger partial charge in [0, 0.05) is 19.6 Å².